The highest BCUT2D eigenvalue weighted by molar-refractivity contribution is 5.65. The molecular weight excluding hydrogens is 234 g/mol. The Balaban J connectivity index is 2.15. The Kier molecular flexibility index (Phi) is 2.99. The van der Waals surface area contributed by atoms with E-state index in [1.165, 1.54) is 0 Å². The third-order valence-corrected chi connectivity index (χ3v) is 3.01. The zero-order chi connectivity index (χ0) is 13.1. The molecule has 0 bridgehead atoms. The van der Waals surface area contributed by atoms with Crippen molar-refractivity contribution in [1.82, 2.24) is 4.98 Å². The summed E-state index contributed by atoms with van der Waals surface area (Å²) in [6.07, 6.45) is 0. The minimum atomic E-state index is 0.0106. The molecular formula is C17H13NO. The van der Waals surface area contributed by atoms with Crippen LogP contribution in [0.4, 0.5) is 0 Å². The number of aromatic nitrogens is 1. The monoisotopic (exact) mass is 247 g/mol. The van der Waals surface area contributed by atoms with Crippen molar-refractivity contribution in [2.75, 3.05) is 0 Å². The van der Waals surface area contributed by atoms with Gasteiger partial charge in [-0.2, -0.15) is 0 Å². The third kappa shape index (κ3) is 2.47. The average molecular weight is 247 g/mol. The lowest BCUT2D eigenvalue weighted by Gasteiger charge is -2.06. The Hall–Kier alpha value is -2.61. The Morgan fingerprint density at radius 2 is 1.05 bits per heavy atom. The molecule has 0 aliphatic heterocycles. The molecule has 0 radical (unpaired) electrons. The van der Waals surface area contributed by atoms with Crippen molar-refractivity contribution in [2.24, 2.45) is 0 Å². The van der Waals surface area contributed by atoms with Crippen molar-refractivity contribution in [1.29, 1.82) is 0 Å². The minimum Gasteiger partial charge on any atom is -0.354 e. The van der Waals surface area contributed by atoms with Gasteiger partial charge in [0.25, 0.3) is 0 Å². The summed E-state index contributed by atoms with van der Waals surface area (Å²) in [6.45, 7) is 0. The van der Waals surface area contributed by atoms with Crippen LogP contribution in [0.5, 0.6) is 0 Å². The third-order valence-electron chi connectivity index (χ3n) is 3.01. The standard InChI is InChI=1S/C17H13NO/c19-15-11-16(13-7-3-1-4-8-13)18-17(12-15)14-9-5-2-6-10-14/h1-12H,(H,18,19). The summed E-state index contributed by atoms with van der Waals surface area (Å²) >= 11 is 0. The zero-order valence-electron chi connectivity index (χ0n) is 10.3. The van der Waals surface area contributed by atoms with Crippen LogP contribution in [0.2, 0.25) is 0 Å². The molecule has 0 saturated carbocycles. The highest BCUT2D eigenvalue weighted by Crippen LogP contribution is 2.20. The van der Waals surface area contributed by atoms with Gasteiger partial charge in [-0.15, -0.1) is 0 Å². The number of aromatic amines is 1. The van der Waals surface area contributed by atoms with Gasteiger partial charge in [0.05, 0.1) is 0 Å². The summed E-state index contributed by atoms with van der Waals surface area (Å²) in [4.78, 5) is 15.2. The molecule has 2 heteroatoms. The Labute approximate surface area is 111 Å². The van der Waals surface area contributed by atoms with E-state index in [0.29, 0.717) is 0 Å². The van der Waals surface area contributed by atoms with E-state index in [4.69, 9.17) is 0 Å². The van der Waals surface area contributed by atoms with Crippen LogP contribution in [-0.4, -0.2) is 4.98 Å². The zero-order valence-corrected chi connectivity index (χ0v) is 10.3. The summed E-state index contributed by atoms with van der Waals surface area (Å²) in [6, 6.07) is 23.0. The van der Waals surface area contributed by atoms with Gasteiger partial charge in [0.1, 0.15) is 0 Å². The number of hydrogen-bond acceptors (Lipinski definition) is 1. The SMILES string of the molecule is O=c1cc(-c2ccccc2)[nH]c(-c2ccccc2)c1. The summed E-state index contributed by atoms with van der Waals surface area (Å²) < 4.78 is 0. The van der Waals surface area contributed by atoms with Crippen molar-refractivity contribution in [3.63, 3.8) is 0 Å². The smallest absolute Gasteiger partial charge is 0.182 e. The Morgan fingerprint density at radius 1 is 0.632 bits per heavy atom. The molecule has 2 nitrogen and oxygen atoms in total. The van der Waals surface area contributed by atoms with Crippen LogP contribution in [0.3, 0.4) is 0 Å². The first-order valence-corrected chi connectivity index (χ1v) is 6.18. The Morgan fingerprint density at radius 3 is 1.47 bits per heavy atom. The van der Waals surface area contributed by atoms with Crippen LogP contribution in [0.1, 0.15) is 0 Å². The van der Waals surface area contributed by atoms with Gasteiger partial charge >= 0.3 is 0 Å². The predicted octanol–water partition coefficient (Wildman–Crippen LogP) is 3.71. The molecule has 3 aromatic rings. The fourth-order valence-electron chi connectivity index (χ4n) is 2.09. The predicted molar refractivity (Wildman–Crippen MR) is 77.9 cm³/mol. The van der Waals surface area contributed by atoms with Crippen molar-refractivity contribution < 1.29 is 0 Å². The lowest BCUT2D eigenvalue weighted by Crippen LogP contribution is -2.01. The van der Waals surface area contributed by atoms with Gasteiger partial charge in [-0.25, -0.2) is 0 Å². The highest BCUT2D eigenvalue weighted by atomic mass is 16.1. The van der Waals surface area contributed by atoms with Gasteiger partial charge in [-0.1, -0.05) is 60.7 Å². The summed E-state index contributed by atoms with van der Waals surface area (Å²) in [5.74, 6) is 0. The van der Waals surface area contributed by atoms with E-state index >= 15 is 0 Å². The Bertz CT molecular complexity index is 669. The second-order valence-corrected chi connectivity index (χ2v) is 4.38. The molecule has 1 N–H and O–H groups in total. The fourth-order valence-corrected chi connectivity index (χ4v) is 2.09. The lowest BCUT2D eigenvalue weighted by atomic mass is 10.1. The van der Waals surface area contributed by atoms with Crippen LogP contribution < -0.4 is 5.43 Å². The quantitative estimate of drug-likeness (QED) is 0.735. The van der Waals surface area contributed by atoms with Gasteiger partial charge < -0.3 is 4.98 Å². The summed E-state index contributed by atoms with van der Waals surface area (Å²) in [7, 11) is 0. The molecule has 0 atom stereocenters. The van der Waals surface area contributed by atoms with Gasteiger partial charge in [0.15, 0.2) is 5.43 Å². The lowest BCUT2D eigenvalue weighted by molar-refractivity contribution is 1.30. The van der Waals surface area contributed by atoms with Gasteiger partial charge in [0, 0.05) is 23.5 Å². The molecule has 19 heavy (non-hydrogen) atoms. The maximum absolute atomic E-state index is 11.8. The van der Waals surface area contributed by atoms with E-state index in [1.807, 2.05) is 60.7 Å². The second kappa shape index (κ2) is 4.94. The van der Waals surface area contributed by atoms with E-state index in [9.17, 15) is 4.79 Å². The number of rotatable bonds is 2. The van der Waals surface area contributed by atoms with E-state index in [0.717, 1.165) is 22.5 Å². The second-order valence-electron chi connectivity index (χ2n) is 4.38. The van der Waals surface area contributed by atoms with E-state index in [-0.39, 0.29) is 5.43 Å². The van der Waals surface area contributed by atoms with Crippen LogP contribution in [0.15, 0.2) is 77.6 Å². The van der Waals surface area contributed by atoms with E-state index < -0.39 is 0 Å². The first-order chi connectivity index (χ1) is 9.33. The number of benzene rings is 2. The van der Waals surface area contributed by atoms with Crippen molar-refractivity contribution in [2.45, 2.75) is 0 Å². The number of H-pyrrole nitrogens is 1. The van der Waals surface area contributed by atoms with Gasteiger partial charge in [-0.3, -0.25) is 4.79 Å². The van der Waals surface area contributed by atoms with Crippen molar-refractivity contribution in [3.8, 4) is 22.5 Å². The molecule has 0 saturated heterocycles. The maximum atomic E-state index is 11.8. The largest absolute Gasteiger partial charge is 0.354 e. The van der Waals surface area contributed by atoms with Crippen LogP contribution >= 0.6 is 0 Å². The molecule has 0 unspecified atom stereocenters. The molecule has 0 aliphatic carbocycles. The van der Waals surface area contributed by atoms with Crippen LogP contribution in [0.25, 0.3) is 22.5 Å². The summed E-state index contributed by atoms with van der Waals surface area (Å²) in [5, 5.41) is 0. The highest BCUT2D eigenvalue weighted by Gasteiger charge is 2.03. The van der Waals surface area contributed by atoms with Crippen LogP contribution in [0, 0.1) is 0 Å². The van der Waals surface area contributed by atoms with Crippen molar-refractivity contribution >= 4 is 0 Å². The minimum absolute atomic E-state index is 0.0106. The van der Waals surface area contributed by atoms with Crippen LogP contribution in [-0.2, 0) is 0 Å². The van der Waals surface area contributed by atoms with Crippen molar-refractivity contribution in [3.05, 3.63) is 83.0 Å². The molecule has 0 aliphatic rings. The van der Waals surface area contributed by atoms with Gasteiger partial charge in [0.2, 0.25) is 0 Å². The van der Waals surface area contributed by atoms with E-state index in [1.54, 1.807) is 12.1 Å². The molecule has 0 amide bonds. The normalized spacial score (nSPS) is 10.3. The first-order valence-electron chi connectivity index (χ1n) is 6.18. The number of pyridine rings is 1. The molecule has 1 aromatic heterocycles. The summed E-state index contributed by atoms with van der Waals surface area (Å²) in [5.41, 5.74) is 3.71. The van der Waals surface area contributed by atoms with Gasteiger partial charge in [-0.05, 0) is 11.1 Å². The molecule has 2 aromatic carbocycles. The fraction of sp³-hybridized carbons (Fsp3) is 0. The molecule has 92 valence electrons. The maximum Gasteiger partial charge on any atom is 0.182 e. The number of hydrogen-bond donors (Lipinski definition) is 1. The molecule has 3 rings (SSSR count). The molecule has 1 heterocycles. The topological polar surface area (TPSA) is 32.9 Å². The van der Waals surface area contributed by atoms with E-state index in [2.05, 4.69) is 4.98 Å². The first kappa shape index (κ1) is 11.5. The molecule has 0 fully saturated rings. The average Bonchev–Trinajstić information content (AvgIpc) is 2.48. The molecule has 0 spiro atoms. The number of nitrogens with one attached hydrogen (secondary N) is 1.